The zero-order chi connectivity index (χ0) is 17.8. The summed E-state index contributed by atoms with van der Waals surface area (Å²) in [4.78, 5) is 11.7. The van der Waals surface area contributed by atoms with Crippen molar-refractivity contribution in [2.75, 3.05) is 25.4 Å². The lowest BCUT2D eigenvalue weighted by atomic mass is 10.2. The fourth-order valence-electron chi connectivity index (χ4n) is 2.32. The zero-order valence-corrected chi connectivity index (χ0v) is 15.0. The van der Waals surface area contributed by atoms with E-state index in [1.807, 2.05) is 11.6 Å². The lowest BCUT2D eigenvalue weighted by Crippen LogP contribution is -2.42. The number of rotatable bonds is 6. The van der Waals surface area contributed by atoms with Crippen LogP contribution in [0.15, 0.2) is 29.2 Å². The summed E-state index contributed by atoms with van der Waals surface area (Å²) >= 11 is 0. The second kappa shape index (κ2) is 7.49. The fraction of sp³-hybridized carbons (Fsp3) is 0.500. The number of hydrogen-bond donors (Lipinski definition) is 2. The van der Waals surface area contributed by atoms with Crippen molar-refractivity contribution in [1.82, 2.24) is 14.3 Å². The maximum Gasteiger partial charge on any atom is 0.328 e. The summed E-state index contributed by atoms with van der Waals surface area (Å²) in [6.07, 6.45) is 1.67. The molecule has 0 aliphatic carbocycles. The molecule has 1 fully saturated rings. The van der Waals surface area contributed by atoms with Gasteiger partial charge in [-0.2, -0.15) is 0 Å². The fourth-order valence-corrected chi connectivity index (χ4v) is 4.68. The van der Waals surface area contributed by atoms with Crippen molar-refractivity contribution in [2.24, 2.45) is 0 Å². The summed E-state index contributed by atoms with van der Waals surface area (Å²) in [5.41, 5.74) is 0.894. The van der Waals surface area contributed by atoms with Crippen LogP contribution in [0.25, 0.3) is 0 Å². The molecule has 1 saturated heterocycles. The minimum absolute atomic E-state index is 0.0343. The molecule has 0 unspecified atom stereocenters. The summed E-state index contributed by atoms with van der Waals surface area (Å²) < 4.78 is 51.3. The predicted molar refractivity (Wildman–Crippen MR) is 89.5 cm³/mol. The number of urea groups is 1. The van der Waals surface area contributed by atoms with Crippen LogP contribution in [0.3, 0.4) is 0 Å². The van der Waals surface area contributed by atoms with Gasteiger partial charge >= 0.3 is 6.03 Å². The van der Waals surface area contributed by atoms with Gasteiger partial charge in [-0.15, -0.1) is 0 Å². The van der Waals surface area contributed by atoms with Gasteiger partial charge in [0, 0.05) is 19.6 Å². The third-order valence-corrected chi connectivity index (χ3v) is 6.88. The summed E-state index contributed by atoms with van der Waals surface area (Å²) in [6.45, 7) is 2.65. The Morgan fingerprint density at radius 1 is 1.08 bits per heavy atom. The van der Waals surface area contributed by atoms with E-state index < -0.39 is 26.1 Å². The first-order chi connectivity index (χ1) is 11.2. The Balaban J connectivity index is 1.85. The molecule has 0 aromatic heterocycles. The maximum absolute atomic E-state index is 12.0. The number of carbonyl (C=O) groups excluding carboxylic acids is 1. The second-order valence-corrected chi connectivity index (χ2v) is 9.37. The largest absolute Gasteiger partial charge is 0.336 e. The van der Waals surface area contributed by atoms with Crippen molar-refractivity contribution >= 4 is 26.1 Å². The highest BCUT2D eigenvalue weighted by Crippen LogP contribution is 2.12. The third kappa shape index (κ3) is 4.92. The summed E-state index contributed by atoms with van der Waals surface area (Å²) in [7, 11) is -7.39. The molecule has 0 atom stereocenters. The molecule has 0 bridgehead atoms. The molecule has 1 heterocycles. The average Bonchev–Trinajstić information content (AvgIpc) is 3.02. The van der Waals surface area contributed by atoms with Crippen molar-refractivity contribution < 1.29 is 21.6 Å². The van der Waals surface area contributed by atoms with Gasteiger partial charge < -0.3 is 5.32 Å². The van der Waals surface area contributed by atoms with Crippen LogP contribution in [0.2, 0.25) is 0 Å². The minimum atomic E-state index is -3.98. The van der Waals surface area contributed by atoms with Gasteiger partial charge in [0.05, 0.1) is 10.6 Å². The molecule has 1 aromatic carbocycles. The Bertz CT molecular complexity index is 782. The van der Waals surface area contributed by atoms with Crippen LogP contribution in [-0.2, 0) is 20.0 Å². The minimum Gasteiger partial charge on any atom is -0.336 e. The van der Waals surface area contributed by atoms with Gasteiger partial charge in [0.2, 0.25) is 10.0 Å². The Hall–Kier alpha value is -1.65. The van der Waals surface area contributed by atoms with Crippen LogP contribution in [0.5, 0.6) is 0 Å². The monoisotopic (exact) mass is 375 g/mol. The number of carbonyl (C=O) groups is 1. The summed E-state index contributed by atoms with van der Waals surface area (Å²) in [5.74, 6) is -0.259. The molecule has 134 valence electrons. The number of nitrogens with zero attached hydrogens (tertiary/aromatic N) is 1. The van der Waals surface area contributed by atoms with Gasteiger partial charge in [-0.05, 0) is 31.9 Å². The van der Waals surface area contributed by atoms with Crippen LogP contribution >= 0.6 is 0 Å². The molecule has 24 heavy (non-hydrogen) atoms. The van der Waals surface area contributed by atoms with Crippen molar-refractivity contribution in [3.8, 4) is 0 Å². The molecular formula is C14H21N3O5S2. The Morgan fingerprint density at radius 3 is 2.25 bits per heavy atom. The van der Waals surface area contributed by atoms with Crippen molar-refractivity contribution in [3.05, 3.63) is 29.8 Å². The number of benzene rings is 1. The molecule has 2 N–H and O–H groups in total. The highest BCUT2D eigenvalue weighted by molar-refractivity contribution is 7.90. The van der Waals surface area contributed by atoms with E-state index in [4.69, 9.17) is 0 Å². The van der Waals surface area contributed by atoms with E-state index in [0.29, 0.717) is 13.1 Å². The van der Waals surface area contributed by atoms with E-state index in [-0.39, 0.29) is 17.2 Å². The van der Waals surface area contributed by atoms with E-state index in [1.54, 1.807) is 12.1 Å². The quantitative estimate of drug-likeness (QED) is 0.748. The van der Waals surface area contributed by atoms with E-state index in [1.165, 1.54) is 16.4 Å². The molecule has 2 rings (SSSR count). The van der Waals surface area contributed by atoms with Gasteiger partial charge in [0.15, 0.2) is 0 Å². The number of amides is 2. The molecule has 10 heteroatoms. The molecule has 0 spiro atoms. The van der Waals surface area contributed by atoms with Crippen LogP contribution < -0.4 is 10.0 Å². The Labute approximate surface area is 142 Å². The molecule has 1 aliphatic heterocycles. The smallest absolute Gasteiger partial charge is 0.328 e. The molecule has 1 aromatic rings. The van der Waals surface area contributed by atoms with Crippen molar-refractivity contribution in [3.63, 3.8) is 0 Å². The lowest BCUT2D eigenvalue weighted by molar-refractivity contribution is 0.246. The molecular weight excluding hydrogens is 354 g/mol. The highest BCUT2D eigenvalue weighted by atomic mass is 32.2. The topological polar surface area (TPSA) is 113 Å². The van der Waals surface area contributed by atoms with Gasteiger partial charge in [0.25, 0.3) is 10.0 Å². The van der Waals surface area contributed by atoms with Crippen molar-refractivity contribution in [1.29, 1.82) is 0 Å². The maximum atomic E-state index is 12.0. The van der Waals surface area contributed by atoms with Crippen LogP contribution in [0.1, 0.15) is 18.4 Å². The Morgan fingerprint density at radius 2 is 1.67 bits per heavy atom. The first-order valence-corrected chi connectivity index (χ1v) is 10.6. The third-order valence-electron chi connectivity index (χ3n) is 3.66. The molecule has 8 nitrogen and oxygen atoms in total. The Kier molecular flexibility index (Phi) is 5.83. The predicted octanol–water partition coefficient (Wildman–Crippen LogP) is 0.409. The van der Waals surface area contributed by atoms with Crippen LogP contribution in [-0.4, -0.2) is 52.6 Å². The van der Waals surface area contributed by atoms with Gasteiger partial charge in [-0.1, -0.05) is 17.7 Å². The molecule has 1 aliphatic rings. The highest BCUT2D eigenvalue weighted by Gasteiger charge is 2.25. The first-order valence-electron chi connectivity index (χ1n) is 7.56. The second-order valence-electron chi connectivity index (χ2n) is 5.60. The van der Waals surface area contributed by atoms with E-state index in [9.17, 15) is 21.6 Å². The van der Waals surface area contributed by atoms with E-state index >= 15 is 0 Å². The van der Waals surface area contributed by atoms with Gasteiger partial charge in [-0.25, -0.2) is 30.7 Å². The van der Waals surface area contributed by atoms with E-state index in [2.05, 4.69) is 5.32 Å². The van der Waals surface area contributed by atoms with Gasteiger partial charge in [0.1, 0.15) is 0 Å². The standard InChI is InChI=1S/C14H21N3O5S2/c1-12-4-6-13(7-5-12)24(21,22)16-14(18)15-8-11-23(19,20)17-9-2-3-10-17/h4-7H,2-3,8-11H2,1H3,(H2,15,16,18). The summed E-state index contributed by atoms with van der Waals surface area (Å²) in [6, 6.07) is 5.07. The number of aryl methyl sites for hydroxylation is 1. The average molecular weight is 375 g/mol. The number of nitrogens with one attached hydrogen (secondary N) is 2. The van der Waals surface area contributed by atoms with E-state index in [0.717, 1.165) is 18.4 Å². The molecule has 2 amide bonds. The lowest BCUT2D eigenvalue weighted by Gasteiger charge is -2.15. The normalized spacial score (nSPS) is 16.0. The van der Waals surface area contributed by atoms with Crippen molar-refractivity contribution in [2.45, 2.75) is 24.7 Å². The molecule has 0 radical (unpaired) electrons. The molecule has 0 saturated carbocycles. The first kappa shape index (κ1) is 18.7. The van der Waals surface area contributed by atoms with Crippen LogP contribution in [0.4, 0.5) is 4.79 Å². The SMILES string of the molecule is Cc1ccc(S(=O)(=O)NC(=O)NCCS(=O)(=O)N2CCCC2)cc1. The summed E-state index contributed by atoms with van der Waals surface area (Å²) in [5, 5.41) is 2.26. The van der Waals surface area contributed by atoms with Crippen LogP contribution in [0, 0.1) is 6.92 Å². The number of sulfonamides is 2. The zero-order valence-electron chi connectivity index (χ0n) is 13.4. The number of hydrogen-bond acceptors (Lipinski definition) is 5. The van der Waals surface area contributed by atoms with Gasteiger partial charge in [-0.3, -0.25) is 0 Å².